The summed E-state index contributed by atoms with van der Waals surface area (Å²) in [6, 6.07) is -0.473. The lowest BCUT2D eigenvalue weighted by Gasteiger charge is -2.23. The van der Waals surface area contributed by atoms with Gasteiger partial charge in [0.25, 0.3) is 5.91 Å². The molecule has 0 aromatic heterocycles. The maximum absolute atomic E-state index is 13.5. The molecule has 1 heterocycles. The Morgan fingerprint density at radius 2 is 1.55 bits per heavy atom. The van der Waals surface area contributed by atoms with Crippen molar-refractivity contribution in [3.05, 3.63) is 34.6 Å². The molecule has 1 aliphatic heterocycles. The molecule has 1 atom stereocenters. The number of carbonyl (C=O) groups is 1. The van der Waals surface area contributed by atoms with Gasteiger partial charge < -0.3 is 4.90 Å². The number of halogens is 6. The summed E-state index contributed by atoms with van der Waals surface area (Å²) in [5.74, 6) is -12.0. The van der Waals surface area contributed by atoms with Crippen molar-refractivity contribution < 1.29 is 26.7 Å². The summed E-state index contributed by atoms with van der Waals surface area (Å²) in [6.45, 7) is 0.162. The van der Waals surface area contributed by atoms with E-state index in [0.717, 1.165) is 4.90 Å². The van der Waals surface area contributed by atoms with Gasteiger partial charge in [-0.25, -0.2) is 22.0 Å². The molecule has 0 saturated carbocycles. The molecule has 8 heteroatoms. The molecular formula is C12H9ClF5NO. The molecule has 1 aliphatic rings. The zero-order chi connectivity index (χ0) is 15.0. The molecule has 0 radical (unpaired) electrons. The first-order valence-corrected chi connectivity index (χ1v) is 6.32. The van der Waals surface area contributed by atoms with Crippen molar-refractivity contribution in [2.75, 3.05) is 12.4 Å². The SMILES string of the molecule is O=C(c1c(F)c(F)c(F)c(F)c1F)N1CCCC1CCl. The topological polar surface area (TPSA) is 20.3 Å². The molecule has 1 fully saturated rings. The summed E-state index contributed by atoms with van der Waals surface area (Å²) in [5.41, 5.74) is -1.43. The zero-order valence-corrected chi connectivity index (χ0v) is 10.8. The Bertz CT molecular complexity index is 536. The molecule has 110 valence electrons. The Kier molecular flexibility index (Phi) is 4.17. The number of nitrogens with zero attached hydrogens (tertiary/aromatic N) is 1. The van der Waals surface area contributed by atoms with E-state index >= 15 is 0 Å². The van der Waals surface area contributed by atoms with Crippen LogP contribution in [0.1, 0.15) is 23.2 Å². The Hall–Kier alpha value is -1.37. The summed E-state index contributed by atoms with van der Waals surface area (Å²) >= 11 is 5.61. The number of alkyl halides is 1. The average Bonchev–Trinajstić information content (AvgIpc) is 2.91. The highest BCUT2D eigenvalue weighted by atomic mass is 35.5. The summed E-state index contributed by atoms with van der Waals surface area (Å²) in [4.78, 5) is 13.0. The number of hydrogen-bond donors (Lipinski definition) is 0. The second kappa shape index (κ2) is 5.55. The van der Waals surface area contributed by atoms with Crippen molar-refractivity contribution in [1.82, 2.24) is 4.90 Å². The van der Waals surface area contributed by atoms with Crippen molar-refractivity contribution >= 4 is 17.5 Å². The van der Waals surface area contributed by atoms with Crippen LogP contribution in [0.5, 0.6) is 0 Å². The molecule has 2 nitrogen and oxygen atoms in total. The van der Waals surface area contributed by atoms with E-state index in [9.17, 15) is 26.7 Å². The van der Waals surface area contributed by atoms with E-state index in [0.29, 0.717) is 12.8 Å². The number of carbonyl (C=O) groups excluding carboxylic acids is 1. The van der Waals surface area contributed by atoms with Crippen LogP contribution in [0.4, 0.5) is 22.0 Å². The van der Waals surface area contributed by atoms with Gasteiger partial charge in [-0.1, -0.05) is 0 Å². The van der Waals surface area contributed by atoms with E-state index < -0.39 is 46.6 Å². The number of amides is 1. The number of likely N-dealkylation sites (tertiary alicyclic amines) is 1. The van der Waals surface area contributed by atoms with Gasteiger partial charge in [0.2, 0.25) is 5.82 Å². The van der Waals surface area contributed by atoms with E-state index in [1.165, 1.54) is 0 Å². The van der Waals surface area contributed by atoms with Gasteiger partial charge in [-0.15, -0.1) is 11.6 Å². The van der Waals surface area contributed by atoms with Crippen LogP contribution in [0, 0.1) is 29.1 Å². The number of hydrogen-bond acceptors (Lipinski definition) is 1. The predicted molar refractivity (Wildman–Crippen MR) is 61.0 cm³/mol. The van der Waals surface area contributed by atoms with E-state index in [2.05, 4.69) is 0 Å². The molecule has 0 bridgehead atoms. The quantitative estimate of drug-likeness (QED) is 0.355. The molecule has 20 heavy (non-hydrogen) atoms. The van der Waals surface area contributed by atoms with Crippen molar-refractivity contribution in [3.63, 3.8) is 0 Å². The standard InChI is InChI=1S/C12H9ClF5NO/c13-4-5-2-1-3-19(5)12(20)6-7(14)9(16)11(18)10(17)8(6)15/h5H,1-4H2. The summed E-state index contributed by atoms with van der Waals surface area (Å²) in [7, 11) is 0. The molecule has 0 spiro atoms. The molecule has 2 rings (SSSR count). The van der Waals surface area contributed by atoms with Crippen LogP contribution in [0.2, 0.25) is 0 Å². The Labute approximate surface area is 116 Å². The molecular weight excluding hydrogens is 305 g/mol. The second-order valence-corrected chi connectivity index (χ2v) is 4.70. The van der Waals surface area contributed by atoms with Gasteiger partial charge in [-0.05, 0) is 12.8 Å². The van der Waals surface area contributed by atoms with Crippen LogP contribution < -0.4 is 0 Å². The average molecular weight is 314 g/mol. The fraction of sp³-hybridized carbons (Fsp3) is 0.417. The largest absolute Gasteiger partial charge is 0.334 e. The first-order chi connectivity index (χ1) is 9.40. The monoisotopic (exact) mass is 313 g/mol. The lowest BCUT2D eigenvalue weighted by Crippen LogP contribution is -2.38. The van der Waals surface area contributed by atoms with E-state index in [1.54, 1.807) is 0 Å². The minimum Gasteiger partial charge on any atom is -0.334 e. The molecule has 0 N–H and O–H groups in total. The van der Waals surface area contributed by atoms with E-state index in [-0.39, 0.29) is 12.4 Å². The van der Waals surface area contributed by atoms with Gasteiger partial charge in [-0.3, -0.25) is 4.79 Å². The highest BCUT2D eigenvalue weighted by molar-refractivity contribution is 6.18. The molecule has 1 unspecified atom stereocenters. The lowest BCUT2D eigenvalue weighted by molar-refractivity contribution is 0.0735. The van der Waals surface area contributed by atoms with E-state index in [4.69, 9.17) is 11.6 Å². The summed E-state index contributed by atoms with van der Waals surface area (Å²) < 4.78 is 66.1. The third-order valence-corrected chi connectivity index (χ3v) is 3.60. The van der Waals surface area contributed by atoms with Gasteiger partial charge in [0.1, 0.15) is 5.56 Å². The van der Waals surface area contributed by atoms with Crippen LogP contribution in [0.3, 0.4) is 0 Å². The summed E-state index contributed by atoms with van der Waals surface area (Å²) in [6.07, 6.45) is 1.07. The second-order valence-electron chi connectivity index (χ2n) is 4.39. The fourth-order valence-corrected chi connectivity index (χ4v) is 2.52. The molecule has 1 aromatic carbocycles. The smallest absolute Gasteiger partial charge is 0.260 e. The summed E-state index contributed by atoms with van der Waals surface area (Å²) in [5, 5.41) is 0. The lowest BCUT2D eigenvalue weighted by atomic mass is 10.1. The normalized spacial score (nSPS) is 18.7. The molecule has 0 aliphatic carbocycles. The fourth-order valence-electron chi connectivity index (χ4n) is 2.20. The van der Waals surface area contributed by atoms with Gasteiger partial charge in [0, 0.05) is 18.5 Å². The highest BCUT2D eigenvalue weighted by Gasteiger charge is 2.36. The minimum atomic E-state index is -2.29. The van der Waals surface area contributed by atoms with Crippen molar-refractivity contribution in [3.8, 4) is 0 Å². The number of rotatable bonds is 2. The third-order valence-electron chi connectivity index (χ3n) is 3.24. The van der Waals surface area contributed by atoms with Gasteiger partial charge in [0.05, 0.1) is 0 Å². The Morgan fingerprint density at radius 1 is 1.05 bits per heavy atom. The first kappa shape index (κ1) is 15.0. The van der Waals surface area contributed by atoms with Gasteiger partial charge in [-0.2, -0.15) is 0 Å². The van der Waals surface area contributed by atoms with Crippen molar-refractivity contribution in [1.29, 1.82) is 0 Å². The van der Waals surface area contributed by atoms with Crippen molar-refractivity contribution in [2.45, 2.75) is 18.9 Å². The van der Waals surface area contributed by atoms with Crippen molar-refractivity contribution in [2.24, 2.45) is 0 Å². The molecule has 1 saturated heterocycles. The minimum absolute atomic E-state index is 0.0289. The van der Waals surface area contributed by atoms with Crippen LogP contribution in [-0.4, -0.2) is 29.3 Å². The Morgan fingerprint density at radius 3 is 2.05 bits per heavy atom. The number of benzene rings is 1. The zero-order valence-electron chi connectivity index (χ0n) is 10.0. The molecule has 1 amide bonds. The maximum Gasteiger partial charge on any atom is 0.260 e. The third kappa shape index (κ3) is 2.24. The van der Waals surface area contributed by atoms with Gasteiger partial charge in [0.15, 0.2) is 23.3 Å². The van der Waals surface area contributed by atoms with Crippen LogP contribution in [0.15, 0.2) is 0 Å². The Balaban J connectivity index is 2.50. The maximum atomic E-state index is 13.5. The van der Waals surface area contributed by atoms with Crippen LogP contribution in [-0.2, 0) is 0 Å². The predicted octanol–water partition coefficient (Wildman–Crippen LogP) is 3.23. The highest BCUT2D eigenvalue weighted by Crippen LogP contribution is 2.27. The van der Waals surface area contributed by atoms with E-state index in [1.807, 2.05) is 0 Å². The van der Waals surface area contributed by atoms with Crippen LogP contribution >= 0.6 is 11.6 Å². The first-order valence-electron chi connectivity index (χ1n) is 5.78. The molecule has 1 aromatic rings. The van der Waals surface area contributed by atoms with Gasteiger partial charge >= 0.3 is 0 Å². The van der Waals surface area contributed by atoms with Crippen LogP contribution in [0.25, 0.3) is 0 Å².